The average molecular weight is 236 g/mol. The van der Waals surface area contributed by atoms with Gasteiger partial charge in [0, 0.05) is 50.9 Å². The number of nitrogens with zero attached hydrogens (tertiary/aromatic N) is 3. The summed E-state index contributed by atoms with van der Waals surface area (Å²) in [6.45, 7) is 13.4. The van der Waals surface area contributed by atoms with Crippen LogP contribution in [0.3, 0.4) is 0 Å². The van der Waals surface area contributed by atoms with Gasteiger partial charge in [0.2, 0.25) is 0 Å². The SMILES string of the molecule is CC(C)(C)c1cn(CCN2CCNCC2)cn1. The predicted octanol–water partition coefficient (Wildman–Crippen LogP) is 1.09. The first kappa shape index (κ1) is 12.6. The van der Waals surface area contributed by atoms with E-state index in [1.807, 2.05) is 6.33 Å². The number of nitrogens with one attached hydrogen (secondary N) is 1. The topological polar surface area (TPSA) is 33.1 Å². The van der Waals surface area contributed by atoms with Crippen LogP contribution in [0, 0.1) is 0 Å². The third-order valence-corrected chi connectivity index (χ3v) is 3.29. The Morgan fingerprint density at radius 2 is 1.94 bits per heavy atom. The van der Waals surface area contributed by atoms with E-state index in [4.69, 9.17) is 0 Å². The Balaban J connectivity index is 1.84. The molecule has 0 bridgehead atoms. The molecule has 4 heteroatoms. The zero-order chi connectivity index (χ0) is 12.3. The van der Waals surface area contributed by atoms with Crippen molar-refractivity contribution >= 4 is 0 Å². The quantitative estimate of drug-likeness (QED) is 0.853. The van der Waals surface area contributed by atoms with Gasteiger partial charge in [-0.2, -0.15) is 0 Å². The molecule has 0 aromatic carbocycles. The van der Waals surface area contributed by atoms with Crippen molar-refractivity contribution in [3.05, 3.63) is 18.2 Å². The minimum Gasteiger partial charge on any atom is -0.336 e. The highest BCUT2D eigenvalue weighted by Gasteiger charge is 2.16. The van der Waals surface area contributed by atoms with E-state index in [1.54, 1.807) is 0 Å². The lowest BCUT2D eigenvalue weighted by Gasteiger charge is -2.27. The third-order valence-electron chi connectivity index (χ3n) is 3.29. The van der Waals surface area contributed by atoms with E-state index in [1.165, 1.54) is 18.8 Å². The fourth-order valence-electron chi connectivity index (χ4n) is 2.06. The molecule has 2 heterocycles. The van der Waals surface area contributed by atoms with Crippen LogP contribution in [-0.4, -0.2) is 47.2 Å². The third kappa shape index (κ3) is 3.54. The maximum Gasteiger partial charge on any atom is 0.0950 e. The predicted molar refractivity (Wildman–Crippen MR) is 70.2 cm³/mol. The molecule has 17 heavy (non-hydrogen) atoms. The summed E-state index contributed by atoms with van der Waals surface area (Å²) in [5.74, 6) is 0. The summed E-state index contributed by atoms with van der Waals surface area (Å²) in [4.78, 5) is 6.99. The smallest absolute Gasteiger partial charge is 0.0950 e. The molecule has 1 aromatic rings. The Morgan fingerprint density at radius 1 is 1.24 bits per heavy atom. The van der Waals surface area contributed by atoms with Crippen molar-refractivity contribution in [3.8, 4) is 0 Å². The largest absolute Gasteiger partial charge is 0.336 e. The van der Waals surface area contributed by atoms with Gasteiger partial charge in [-0.1, -0.05) is 20.8 Å². The number of hydrogen-bond donors (Lipinski definition) is 1. The summed E-state index contributed by atoms with van der Waals surface area (Å²) in [5.41, 5.74) is 1.33. The summed E-state index contributed by atoms with van der Waals surface area (Å²) in [7, 11) is 0. The molecule has 0 amide bonds. The second kappa shape index (κ2) is 5.19. The highest BCUT2D eigenvalue weighted by molar-refractivity contribution is 5.08. The molecule has 0 unspecified atom stereocenters. The highest BCUT2D eigenvalue weighted by Crippen LogP contribution is 2.19. The Hall–Kier alpha value is -0.870. The molecule has 1 fully saturated rings. The number of piperazine rings is 1. The van der Waals surface area contributed by atoms with Gasteiger partial charge in [-0.05, 0) is 0 Å². The molecule has 96 valence electrons. The maximum atomic E-state index is 4.48. The van der Waals surface area contributed by atoms with Gasteiger partial charge in [-0.25, -0.2) is 4.98 Å². The Kier molecular flexibility index (Phi) is 3.84. The fourth-order valence-corrected chi connectivity index (χ4v) is 2.06. The minimum absolute atomic E-state index is 0.153. The van der Waals surface area contributed by atoms with Crippen LogP contribution in [0.15, 0.2) is 12.5 Å². The summed E-state index contributed by atoms with van der Waals surface area (Å²) < 4.78 is 2.21. The van der Waals surface area contributed by atoms with Crippen LogP contribution in [0.4, 0.5) is 0 Å². The number of rotatable bonds is 3. The average Bonchev–Trinajstić information content (AvgIpc) is 2.76. The first-order valence-electron chi connectivity index (χ1n) is 6.51. The van der Waals surface area contributed by atoms with Crippen LogP contribution in [0.5, 0.6) is 0 Å². The Labute approximate surface area is 104 Å². The second-order valence-corrected chi connectivity index (χ2v) is 5.84. The van der Waals surface area contributed by atoms with Gasteiger partial charge >= 0.3 is 0 Å². The first-order valence-corrected chi connectivity index (χ1v) is 6.51. The number of imidazole rings is 1. The Bertz CT molecular complexity index is 345. The molecular formula is C13H24N4. The lowest BCUT2D eigenvalue weighted by molar-refractivity contribution is 0.232. The molecule has 4 nitrogen and oxygen atoms in total. The normalized spacial score (nSPS) is 18.5. The van der Waals surface area contributed by atoms with Crippen molar-refractivity contribution in [2.75, 3.05) is 32.7 Å². The fraction of sp³-hybridized carbons (Fsp3) is 0.769. The van der Waals surface area contributed by atoms with Gasteiger partial charge in [0.1, 0.15) is 0 Å². The molecule has 0 radical (unpaired) electrons. The van der Waals surface area contributed by atoms with E-state index in [0.29, 0.717) is 0 Å². The van der Waals surface area contributed by atoms with Crippen molar-refractivity contribution in [1.82, 2.24) is 19.8 Å². The van der Waals surface area contributed by atoms with Crippen molar-refractivity contribution in [2.24, 2.45) is 0 Å². The van der Waals surface area contributed by atoms with Crippen molar-refractivity contribution in [2.45, 2.75) is 32.7 Å². The molecular weight excluding hydrogens is 212 g/mol. The molecule has 1 aliphatic heterocycles. The summed E-state index contributed by atoms with van der Waals surface area (Å²) in [6, 6.07) is 0. The second-order valence-electron chi connectivity index (χ2n) is 5.84. The van der Waals surface area contributed by atoms with Gasteiger partial charge in [-0.15, -0.1) is 0 Å². The highest BCUT2D eigenvalue weighted by atomic mass is 15.2. The zero-order valence-electron chi connectivity index (χ0n) is 11.2. The van der Waals surface area contributed by atoms with Crippen LogP contribution in [-0.2, 0) is 12.0 Å². The molecule has 2 rings (SSSR count). The van der Waals surface area contributed by atoms with Crippen molar-refractivity contribution in [1.29, 1.82) is 0 Å². The molecule has 0 aliphatic carbocycles. The summed E-state index contributed by atoms with van der Waals surface area (Å²) in [5, 5.41) is 3.38. The lowest BCUT2D eigenvalue weighted by atomic mass is 9.93. The van der Waals surface area contributed by atoms with Gasteiger partial charge in [0.05, 0.1) is 12.0 Å². The maximum absolute atomic E-state index is 4.48. The zero-order valence-corrected chi connectivity index (χ0v) is 11.2. The Morgan fingerprint density at radius 3 is 2.53 bits per heavy atom. The molecule has 1 saturated heterocycles. The summed E-state index contributed by atoms with van der Waals surface area (Å²) >= 11 is 0. The van der Waals surface area contributed by atoms with E-state index in [0.717, 1.165) is 26.2 Å². The van der Waals surface area contributed by atoms with E-state index >= 15 is 0 Å². The molecule has 1 aromatic heterocycles. The van der Waals surface area contributed by atoms with Crippen LogP contribution < -0.4 is 5.32 Å². The van der Waals surface area contributed by atoms with Gasteiger partial charge in [-0.3, -0.25) is 4.90 Å². The molecule has 0 spiro atoms. The monoisotopic (exact) mass is 236 g/mol. The van der Waals surface area contributed by atoms with Crippen LogP contribution >= 0.6 is 0 Å². The lowest BCUT2D eigenvalue weighted by Crippen LogP contribution is -2.44. The van der Waals surface area contributed by atoms with E-state index in [2.05, 4.69) is 46.7 Å². The molecule has 1 aliphatic rings. The number of hydrogen-bond acceptors (Lipinski definition) is 3. The standard InChI is InChI=1S/C13H24N4/c1-13(2,3)12-10-17(11-15-12)9-8-16-6-4-14-5-7-16/h10-11,14H,4-9H2,1-3H3. The minimum atomic E-state index is 0.153. The van der Waals surface area contributed by atoms with Crippen LogP contribution in [0.1, 0.15) is 26.5 Å². The molecule has 1 N–H and O–H groups in total. The summed E-state index contributed by atoms with van der Waals surface area (Å²) in [6.07, 6.45) is 4.14. The first-order chi connectivity index (χ1) is 8.05. The molecule has 0 saturated carbocycles. The van der Waals surface area contributed by atoms with E-state index < -0.39 is 0 Å². The van der Waals surface area contributed by atoms with Crippen LogP contribution in [0.2, 0.25) is 0 Å². The van der Waals surface area contributed by atoms with Crippen LogP contribution in [0.25, 0.3) is 0 Å². The van der Waals surface area contributed by atoms with Gasteiger partial charge in [0.25, 0.3) is 0 Å². The number of aromatic nitrogens is 2. The van der Waals surface area contributed by atoms with E-state index in [-0.39, 0.29) is 5.41 Å². The van der Waals surface area contributed by atoms with Crippen molar-refractivity contribution < 1.29 is 0 Å². The van der Waals surface area contributed by atoms with E-state index in [9.17, 15) is 0 Å². The van der Waals surface area contributed by atoms with Crippen molar-refractivity contribution in [3.63, 3.8) is 0 Å². The van der Waals surface area contributed by atoms with Gasteiger partial charge < -0.3 is 9.88 Å². The molecule has 0 atom stereocenters. The van der Waals surface area contributed by atoms with Gasteiger partial charge in [0.15, 0.2) is 0 Å².